The maximum Gasteiger partial charge on any atom is -0.00564 e. The van der Waals surface area contributed by atoms with E-state index in [1.807, 2.05) is 36.4 Å². The van der Waals surface area contributed by atoms with Crippen molar-refractivity contribution in [3.8, 4) is 0 Å². The summed E-state index contributed by atoms with van der Waals surface area (Å²) in [6.45, 7) is 0. The van der Waals surface area contributed by atoms with E-state index in [4.69, 9.17) is 5.73 Å². The molecule has 0 aliphatic carbocycles. The van der Waals surface area contributed by atoms with Crippen molar-refractivity contribution >= 4 is 6.08 Å². The SMILES string of the molecule is NC=Cc1ccccc1.O. The summed E-state index contributed by atoms with van der Waals surface area (Å²) in [5, 5.41) is 0. The zero-order valence-electron chi connectivity index (χ0n) is 5.62. The van der Waals surface area contributed by atoms with Crippen molar-refractivity contribution in [2.75, 3.05) is 0 Å². The molecule has 4 N–H and O–H groups in total. The van der Waals surface area contributed by atoms with Crippen molar-refractivity contribution in [1.29, 1.82) is 0 Å². The average molecular weight is 137 g/mol. The summed E-state index contributed by atoms with van der Waals surface area (Å²) in [7, 11) is 0. The van der Waals surface area contributed by atoms with Crippen LogP contribution in [0.2, 0.25) is 0 Å². The van der Waals surface area contributed by atoms with Crippen molar-refractivity contribution in [2.45, 2.75) is 0 Å². The van der Waals surface area contributed by atoms with Crippen LogP contribution in [-0.4, -0.2) is 5.48 Å². The van der Waals surface area contributed by atoms with Gasteiger partial charge in [0.2, 0.25) is 0 Å². The summed E-state index contributed by atoms with van der Waals surface area (Å²) < 4.78 is 0. The van der Waals surface area contributed by atoms with E-state index >= 15 is 0 Å². The lowest BCUT2D eigenvalue weighted by molar-refractivity contribution is 0.824. The van der Waals surface area contributed by atoms with Crippen molar-refractivity contribution in [3.63, 3.8) is 0 Å². The molecule has 0 bridgehead atoms. The van der Waals surface area contributed by atoms with Crippen LogP contribution in [0.4, 0.5) is 0 Å². The molecule has 0 aliphatic heterocycles. The first-order chi connectivity index (χ1) is 4.43. The lowest BCUT2D eigenvalue weighted by atomic mass is 10.2. The van der Waals surface area contributed by atoms with E-state index in [-0.39, 0.29) is 5.48 Å². The molecule has 0 spiro atoms. The van der Waals surface area contributed by atoms with Crippen LogP contribution in [0, 0.1) is 0 Å². The Morgan fingerprint density at radius 2 is 1.70 bits per heavy atom. The zero-order valence-corrected chi connectivity index (χ0v) is 5.62. The Balaban J connectivity index is 0.000000810. The van der Waals surface area contributed by atoms with E-state index in [1.165, 1.54) is 6.20 Å². The van der Waals surface area contributed by atoms with Crippen LogP contribution < -0.4 is 5.73 Å². The average Bonchev–Trinajstić information content (AvgIpc) is 1.91. The van der Waals surface area contributed by atoms with Gasteiger partial charge in [0.1, 0.15) is 0 Å². The van der Waals surface area contributed by atoms with E-state index in [1.54, 1.807) is 0 Å². The van der Waals surface area contributed by atoms with Gasteiger partial charge in [0.25, 0.3) is 0 Å². The predicted octanol–water partition coefficient (Wildman–Crippen LogP) is 0.791. The highest BCUT2D eigenvalue weighted by atomic mass is 16.0. The van der Waals surface area contributed by atoms with Crippen molar-refractivity contribution in [2.24, 2.45) is 5.73 Å². The van der Waals surface area contributed by atoms with Crippen molar-refractivity contribution in [1.82, 2.24) is 0 Å². The summed E-state index contributed by atoms with van der Waals surface area (Å²) in [6.07, 6.45) is 3.40. The molecular weight excluding hydrogens is 126 g/mol. The first-order valence-electron chi connectivity index (χ1n) is 2.87. The fourth-order valence-corrected chi connectivity index (χ4v) is 0.675. The molecule has 1 rings (SSSR count). The minimum absolute atomic E-state index is 0. The Labute approximate surface area is 60.3 Å². The van der Waals surface area contributed by atoms with Gasteiger partial charge in [-0.15, -0.1) is 0 Å². The highest BCUT2D eigenvalue weighted by molar-refractivity contribution is 5.47. The van der Waals surface area contributed by atoms with E-state index in [0.717, 1.165) is 5.56 Å². The second kappa shape index (κ2) is 4.58. The molecule has 1 aromatic carbocycles. The molecule has 0 saturated carbocycles. The third-order valence-electron chi connectivity index (χ3n) is 1.09. The van der Waals surface area contributed by atoms with Gasteiger partial charge in [0.05, 0.1) is 0 Å². The highest BCUT2D eigenvalue weighted by Gasteiger charge is 1.77. The molecular formula is C8H11NO. The first-order valence-corrected chi connectivity index (χ1v) is 2.87. The Bertz CT molecular complexity index is 194. The maximum absolute atomic E-state index is 5.18. The molecule has 0 radical (unpaired) electrons. The second-order valence-corrected chi connectivity index (χ2v) is 1.77. The number of benzene rings is 1. The van der Waals surface area contributed by atoms with Crippen LogP contribution in [-0.2, 0) is 0 Å². The van der Waals surface area contributed by atoms with Gasteiger partial charge in [0.15, 0.2) is 0 Å². The number of nitrogens with two attached hydrogens (primary N) is 1. The Hall–Kier alpha value is -1.28. The van der Waals surface area contributed by atoms with Crippen LogP contribution in [0.1, 0.15) is 5.56 Å². The van der Waals surface area contributed by atoms with Gasteiger partial charge in [-0.1, -0.05) is 30.3 Å². The van der Waals surface area contributed by atoms with Gasteiger partial charge in [-0.05, 0) is 17.8 Å². The fourth-order valence-electron chi connectivity index (χ4n) is 0.675. The second-order valence-electron chi connectivity index (χ2n) is 1.77. The summed E-state index contributed by atoms with van der Waals surface area (Å²) in [6, 6.07) is 9.95. The molecule has 0 heterocycles. The Morgan fingerprint density at radius 1 is 1.10 bits per heavy atom. The third kappa shape index (κ3) is 2.33. The monoisotopic (exact) mass is 137 g/mol. The van der Waals surface area contributed by atoms with Gasteiger partial charge in [-0.2, -0.15) is 0 Å². The molecule has 2 heteroatoms. The normalized spacial score (nSPS) is 9.20. The highest BCUT2D eigenvalue weighted by Crippen LogP contribution is 1.98. The minimum Gasteiger partial charge on any atom is -0.412 e. The summed E-state index contributed by atoms with van der Waals surface area (Å²) >= 11 is 0. The van der Waals surface area contributed by atoms with Crippen LogP contribution in [0.5, 0.6) is 0 Å². The summed E-state index contributed by atoms with van der Waals surface area (Å²) in [5.74, 6) is 0. The van der Waals surface area contributed by atoms with Gasteiger partial charge >= 0.3 is 0 Å². The Morgan fingerprint density at radius 3 is 2.20 bits per heavy atom. The molecule has 0 atom stereocenters. The molecule has 0 aromatic heterocycles. The maximum atomic E-state index is 5.18. The molecule has 0 amide bonds. The molecule has 10 heavy (non-hydrogen) atoms. The predicted molar refractivity (Wildman–Crippen MR) is 43.3 cm³/mol. The van der Waals surface area contributed by atoms with Gasteiger partial charge < -0.3 is 11.2 Å². The topological polar surface area (TPSA) is 57.5 Å². The van der Waals surface area contributed by atoms with Gasteiger partial charge in [-0.25, -0.2) is 0 Å². The van der Waals surface area contributed by atoms with E-state index < -0.39 is 0 Å². The number of rotatable bonds is 1. The minimum atomic E-state index is 0. The lowest BCUT2D eigenvalue weighted by Gasteiger charge is -1.86. The molecule has 0 fully saturated rings. The van der Waals surface area contributed by atoms with Crippen LogP contribution in [0.25, 0.3) is 6.08 Å². The Kier molecular flexibility index (Phi) is 4.00. The van der Waals surface area contributed by atoms with Crippen LogP contribution >= 0.6 is 0 Å². The largest absolute Gasteiger partial charge is 0.412 e. The molecule has 1 aromatic rings. The smallest absolute Gasteiger partial charge is 0.00564 e. The van der Waals surface area contributed by atoms with Crippen molar-refractivity contribution in [3.05, 3.63) is 42.1 Å². The van der Waals surface area contributed by atoms with E-state index in [9.17, 15) is 0 Å². The first kappa shape index (κ1) is 8.72. The molecule has 0 aliphatic rings. The van der Waals surface area contributed by atoms with E-state index in [2.05, 4.69) is 0 Å². The quantitative estimate of drug-likeness (QED) is 0.611. The molecule has 2 nitrogen and oxygen atoms in total. The molecule has 54 valence electrons. The number of hydrogen-bond acceptors (Lipinski definition) is 1. The van der Waals surface area contributed by atoms with Crippen molar-refractivity contribution < 1.29 is 5.48 Å². The third-order valence-corrected chi connectivity index (χ3v) is 1.09. The zero-order chi connectivity index (χ0) is 6.53. The van der Waals surface area contributed by atoms with Crippen LogP contribution in [0.3, 0.4) is 0 Å². The van der Waals surface area contributed by atoms with Gasteiger partial charge in [0, 0.05) is 0 Å². The summed E-state index contributed by atoms with van der Waals surface area (Å²) in [5.41, 5.74) is 6.32. The van der Waals surface area contributed by atoms with Crippen LogP contribution in [0.15, 0.2) is 36.5 Å². The van der Waals surface area contributed by atoms with E-state index in [0.29, 0.717) is 0 Å². The van der Waals surface area contributed by atoms with Gasteiger partial charge in [-0.3, -0.25) is 0 Å². The summed E-state index contributed by atoms with van der Waals surface area (Å²) in [4.78, 5) is 0. The molecule has 0 unspecified atom stereocenters. The number of hydrogen-bond donors (Lipinski definition) is 1. The molecule has 0 saturated heterocycles. The lowest BCUT2D eigenvalue weighted by Crippen LogP contribution is -1.75. The standard InChI is InChI=1S/C8H9N.H2O/c9-7-6-8-4-2-1-3-5-8;/h1-7H,9H2;1H2. The fraction of sp³-hybridized carbons (Fsp3) is 0.